The molecule has 0 saturated carbocycles. The molecule has 6 heteroatoms. The Hall–Kier alpha value is -1.69. The van der Waals surface area contributed by atoms with E-state index in [4.69, 9.17) is 4.74 Å². The summed E-state index contributed by atoms with van der Waals surface area (Å²) in [4.78, 5) is 11.3. The number of hydrogen-bond acceptors (Lipinski definition) is 4. The first-order valence-electron chi connectivity index (χ1n) is 5.53. The quantitative estimate of drug-likeness (QED) is 0.828. The second-order valence-corrected chi connectivity index (χ2v) is 4.03. The summed E-state index contributed by atoms with van der Waals surface area (Å²) in [6.45, 7) is 0.413. The van der Waals surface area contributed by atoms with Gasteiger partial charge in [0.1, 0.15) is 18.0 Å². The highest BCUT2D eigenvalue weighted by atomic mass is 19.1. The molecule has 1 N–H and O–H groups in total. The Balaban J connectivity index is 1.97. The highest BCUT2D eigenvalue weighted by molar-refractivity contribution is 5.76. The van der Waals surface area contributed by atoms with Crippen LogP contribution in [0.25, 0.3) is 0 Å². The van der Waals surface area contributed by atoms with E-state index in [2.05, 4.69) is 10.1 Å². The van der Waals surface area contributed by atoms with Crippen molar-refractivity contribution in [3.8, 4) is 5.75 Å². The highest BCUT2D eigenvalue weighted by Gasteiger charge is 2.31. The number of nitrogens with one attached hydrogen (secondary N) is 1. The van der Waals surface area contributed by atoms with E-state index < -0.39 is 17.7 Å². The molecule has 1 fully saturated rings. The molecule has 1 aromatic rings. The molecule has 0 radical (unpaired) electrons. The fraction of sp³-hybridized carbons (Fsp3) is 0.417. The average Bonchev–Trinajstić information content (AvgIpc) is 2.80. The van der Waals surface area contributed by atoms with Crippen LogP contribution in [0, 0.1) is 11.6 Å². The molecular formula is C12H13F2NO3. The number of halogens is 2. The summed E-state index contributed by atoms with van der Waals surface area (Å²) >= 11 is 0. The molecule has 1 aromatic carbocycles. The molecule has 0 aliphatic carbocycles. The molecule has 1 heterocycles. The summed E-state index contributed by atoms with van der Waals surface area (Å²) in [5, 5.41) is 2.91. The molecular weight excluding hydrogens is 244 g/mol. The van der Waals surface area contributed by atoms with Gasteiger partial charge in [0.05, 0.1) is 7.11 Å². The summed E-state index contributed by atoms with van der Waals surface area (Å²) in [6.07, 6.45) is 0.0535. The van der Waals surface area contributed by atoms with Gasteiger partial charge in [-0.25, -0.2) is 8.78 Å². The molecule has 98 valence electrons. The maximum Gasteiger partial charge on any atom is 0.323 e. The Morgan fingerprint density at radius 3 is 2.89 bits per heavy atom. The van der Waals surface area contributed by atoms with Crippen LogP contribution in [0.1, 0.15) is 6.42 Å². The summed E-state index contributed by atoms with van der Waals surface area (Å²) in [5.41, 5.74) is 0. The van der Waals surface area contributed by atoms with Crippen molar-refractivity contribution in [2.75, 3.05) is 13.7 Å². The van der Waals surface area contributed by atoms with Gasteiger partial charge in [-0.1, -0.05) is 0 Å². The molecule has 0 bridgehead atoms. The van der Waals surface area contributed by atoms with Crippen molar-refractivity contribution in [2.45, 2.75) is 18.6 Å². The Kier molecular flexibility index (Phi) is 3.76. The van der Waals surface area contributed by atoms with Crippen LogP contribution in [0.4, 0.5) is 8.78 Å². The van der Waals surface area contributed by atoms with Crippen LogP contribution in [0.3, 0.4) is 0 Å². The summed E-state index contributed by atoms with van der Waals surface area (Å²) in [5.74, 6) is -1.80. The fourth-order valence-corrected chi connectivity index (χ4v) is 1.87. The number of ether oxygens (including phenoxy) is 2. The monoisotopic (exact) mass is 257 g/mol. The summed E-state index contributed by atoms with van der Waals surface area (Å²) in [6, 6.07) is 2.67. The van der Waals surface area contributed by atoms with Gasteiger partial charge in [-0.15, -0.1) is 0 Å². The van der Waals surface area contributed by atoms with Crippen molar-refractivity contribution in [1.29, 1.82) is 0 Å². The Labute approximate surface area is 103 Å². The summed E-state index contributed by atoms with van der Waals surface area (Å²) in [7, 11) is 1.30. The number of hydrogen-bond donors (Lipinski definition) is 1. The van der Waals surface area contributed by atoms with E-state index in [1.54, 1.807) is 0 Å². The van der Waals surface area contributed by atoms with Crippen LogP contribution < -0.4 is 10.1 Å². The van der Waals surface area contributed by atoms with Crippen LogP contribution in [-0.2, 0) is 9.53 Å². The number of benzene rings is 1. The molecule has 0 unspecified atom stereocenters. The minimum Gasteiger partial charge on any atom is -0.486 e. The molecule has 0 spiro atoms. The Bertz CT molecular complexity index is 453. The second kappa shape index (κ2) is 5.30. The molecule has 2 atom stereocenters. The van der Waals surface area contributed by atoms with Gasteiger partial charge in [-0.2, -0.15) is 0 Å². The third kappa shape index (κ3) is 2.76. The lowest BCUT2D eigenvalue weighted by atomic mass is 10.2. The summed E-state index contributed by atoms with van der Waals surface area (Å²) < 4.78 is 36.0. The molecule has 1 saturated heterocycles. The normalized spacial score (nSPS) is 22.8. The van der Waals surface area contributed by atoms with E-state index in [-0.39, 0.29) is 17.8 Å². The van der Waals surface area contributed by atoms with E-state index in [0.29, 0.717) is 13.0 Å². The number of rotatable bonds is 3. The van der Waals surface area contributed by atoms with Gasteiger partial charge in [0.25, 0.3) is 0 Å². The van der Waals surface area contributed by atoms with Gasteiger partial charge in [0.2, 0.25) is 0 Å². The largest absolute Gasteiger partial charge is 0.486 e. The minimum absolute atomic E-state index is 0.0197. The Morgan fingerprint density at radius 1 is 1.44 bits per heavy atom. The van der Waals surface area contributed by atoms with Crippen molar-refractivity contribution in [2.24, 2.45) is 0 Å². The van der Waals surface area contributed by atoms with E-state index in [9.17, 15) is 13.6 Å². The van der Waals surface area contributed by atoms with Crippen LogP contribution in [-0.4, -0.2) is 31.8 Å². The van der Waals surface area contributed by atoms with E-state index >= 15 is 0 Å². The maximum absolute atomic E-state index is 13.3. The SMILES string of the molecule is COC(=O)[C@@H]1C[C@H](Oc2ccc(F)cc2F)CN1. The minimum atomic E-state index is -0.753. The predicted octanol–water partition coefficient (Wildman–Crippen LogP) is 1.25. The number of methoxy groups -OCH3 is 1. The molecule has 1 aliphatic rings. The van der Waals surface area contributed by atoms with Crippen molar-refractivity contribution in [3.05, 3.63) is 29.8 Å². The lowest BCUT2D eigenvalue weighted by Crippen LogP contribution is -2.31. The van der Waals surface area contributed by atoms with Crippen molar-refractivity contribution in [3.63, 3.8) is 0 Å². The van der Waals surface area contributed by atoms with Gasteiger partial charge in [0, 0.05) is 19.0 Å². The van der Waals surface area contributed by atoms with E-state index in [1.165, 1.54) is 13.2 Å². The van der Waals surface area contributed by atoms with E-state index in [0.717, 1.165) is 12.1 Å². The molecule has 0 aromatic heterocycles. The molecule has 2 rings (SSSR count). The zero-order chi connectivity index (χ0) is 13.1. The highest BCUT2D eigenvalue weighted by Crippen LogP contribution is 2.22. The smallest absolute Gasteiger partial charge is 0.323 e. The first-order valence-corrected chi connectivity index (χ1v) is 5.53. The van der Waals surface area contributed by atoms with Gasteiger partial charge in [-0.3, -0.25) is 4.79 Å². The number of carbonyl (C=O) groups excluding carboxylic acids is 1. The third-order valence-electron chi connectivity index (χ3n) is 2.76. The number of esters is 1. The maximum atomic E-state index is 13.3. The molecule has 4 nitrogen and oxygen atoms in total. The first kappa shape index (κ1) is 12.8. The van der Waals surface area contributed by atoms with Crippen molar-refractivity contribution >= 4 is 5.97 Å². The third-order valence-corrected chi connectivity index (χ3v) is 2.76. The molecule has 1 aliphatic heterocycles. The predicted molar refractivity (Wildman–Crippen MR) is 59.2 cm³/mol. The molecule has 18 heavy (non-hydrogen) atoms. The van der Waals surface area contributed by atoms with Crippen LogP contribution in [0.5, 0.6) is 5.75 Å². The zero-order valence-electron chi connectivity index (χ0n) is 9.78. The van der Waals surface area contributed by atoms with Gasteiger partial charge in [-0.05, 0) is 12.1 Å². The average molecular weight is 257 g/mol. The lowest BCUT2D eigenvalue weighted by Gasteiger charge is -2.13. The van der Waals surface area contributed by atoms with Crippen molar-refractivity contribution in [1.82, 2.24) is 5.32 Å². The van der Waals surface area contributed by atoms with E-state index in [1.807, 2.05) is 0 Å². The fourth-order valence-electron chi connectivity index (χ4n) is 1.87. The van der Waals surface area contributed by atoms with Crippen LogP contribution in [0.2, 0.25) is 0 Å². The number of carbonyl (C=O) groups is 1. The van der Waals surface area contributed by atoms with Crippen LogP contribution >= 0.6 is 0 Å². The van der Waals surface area contributed by atoms with Gasteiger partial charge >= 0.3 is 5.97 Å². The zero-order valence-corrected chi connectivity index (χ0v) is 9.78. The first-order chi connectivity index (χ1) is 8.60. The Morgan fingerprint density at radius 2 is 2.22 bits per heavy atom. The second-order valence-electron chi connectivity index (χ2n) is 4.03. The van der Waals surface area contributed by atoms with Gasteiger partial charge < -0.3 is 14.8 Å². The topological polar surface area (TPSA) is 47.6 Å². The van der Waals surface area contributed by atoms with Crippen molar-refractivity contribution < 1.29 is 23.0 Å². The lowest BCUT2D eigenvalue weighted by molar-refractivity contribution is -0.142. The standard InChI is InChI=1S/C12H13F2NO3/c1-17-12(16)10-5-8(6-15-10)18-11-3-2-7(13)4-9(11)14/h2-4,8,10,15H,5-6H2,1H3/t8-,10-/m0/s1. The molecule has 0 amide bonds. The van der Waals surface area contributed by atoms with Crippen LogP contribution in [0.15, 0.2) is 18.2 Å². The van der Waals surface area contributed by atoms with Gasteiger partial charge in [0.15, 0.2) is 11.6 Å².